The van der Waals surface area contributed by atoms with Gasteiger partial charge in [0, 0.05) is 0 Å². The third kappa shape index (κ3) is 4.47. The van der Waals surface area contributed by atoms with Crippen LogP contribution in [0.5, 0.6) is 0 Å². The van der Waals surface area contributed by atoms with Crippen LogP contribution in [0.25, 0.3) is 0 Å². The fourth-order valence-corrected chi connectivity index (χ4v) is 1.89. The number of hydrogen-bond acceptors (Lipinski definition) is 0. The standard InChI is InChI=1S/C13H16F12/c1-2-3-4-5-6-7-8(14)9(15,16)10(17,18)11(19,20)12(21,22)13(23,24)25/h8H,2-7H2,1H3. The number of rotatable bonds is 10. The van der Waals surface area contributed by atoms with E-state index in [0.717, 1.165) is 0 Å². The van der Waals surface area contributed by atoms with E-state index in [1.807, 2.05) is 0 Å². The Bertz CT molecular complexity index is 412. The van der Waals surface area contributed by atoms with E-state index in [2.05, 4.69) is 0 Å². The van der Waals surface area contributed by atoms with Crippen molar-refractivity contribution in [2.24, 2.45) is 0 Å². The average Bonchev–Trinajstić information content (AvgIpc) is 2.44. The van der Waals surface area contributed by atoms with Crippen LogP contribution < -0.4 is 0 Å². The Labute approximate surface area is 135 Å². The summed E-state index contributed by atoms with van der Waals surface area (Å²) in [5, 5.41) is 0. The van der Waals surface area contributed by atoms with Crippen LogP contribution in [0, 0.1) is 0 Å². The molecule has 0 fully saturated rings. The lowest BCUT2D eigenvalue weighted by Gasteiger charge is -2.38. The second-order valence-corrected chi connectivity index (χ2v) is 5.51. The first kappa shape index (κ1) is 24.2. The van der Waals surface area contributed by atoms with Crippen molar-refractivity contribution in [3.63, 3.8) is 0 Å². The zero-order valence-corrected chi connectivity index (χ0v) is 12.9. The van der Waals surface area contributed by atoms with E-state index < -0.39 is 48.9 Å². The Morgan fingerprint density at radius 3 is 1.44 bits per heavy atom. The zero-order chi connectivity index (χ0) is 20.3. The predicted molar refractivity (Wildman–Crippen MR) is 64.1 cm³/mol. The molecule has 0 nitrogen and oxygen atoms in total. The van der Waals surface area contributed by atoms with E-state index >= 15 is 0 Å². The van der Waals surface area contributed by atoms with E-state index in [1.54, 1.807) is 6.92 Å². The molecule has 0 aliphatic heterocycles. The van der Waals surface area contributed by atoms with Gasteiger partial charge >= 0.3 is 29.9 Å². The van der Waals surface area contributed by atoms with Crippen LogP contribution in [0.3, 0.4) is 0 Å². The minimum absolute atomic E-state index is 0.0744. The Hall–Kier alpha value is -0.840. The van der Waals surface area contributed by atoms with Gasteiger partial charge in [0.2, 0.25) is 0 Å². The molecule has 12 heteroatoms. The van der Waals surface area contributed by atoms with Crippen molar-refractivity contribution in [2.75, 3.05) is 0 Å². The van der Waals surface area contributed by atoms with E-state index in [1.165, 1.54) is 0 Å². The molecule has 0 saturated heterocycles. The summed E-state index contributed by atoms with van der Waals surface area (Å²) in [5.74, 6) is -28.7. The summed E-state index contributed by atoms with van der Waals surface area (Å²) in [5.41, 5.74) is 0. The monoisotopic (exact) mass is 400 g/mol. The molecule has 0 aliphatic carbocycles. The first-order valence-corrected chi connectivity index (χ1v) is 7.20. The first-order chi connectivity index (χ1) is 11.0. The van der Waals surface area contributed by atoms with Crippen molar-refractivity contribution in [2.45, 2.75) is 81.5 Å². The molecule has 0 N–H and O–H groups in total. The summed E-state index contributed by atoms with van der Waals surface area (Å²) < 4.78 is 153. The van der Waals surface area contributed by atoms with Crippen LogP contribution in [0.4, 0.5) is 52.7 Å². The van der Waals surface area contributed by atoms with Crippen molar-refractivity contribution < 1.29 is 52.7 Å². The van der Waals surface area contributed by atoms with Gasteiger partial charge in [-0.3, -0.25) is 0 Å². The molecule has 1 atom stereocenters. The number of hydrogen-bond donors (Lipinski definition) is 0. The molecule has 0 heterocycles. The topological polar surface area (TPSA) is 0 Å². The fourth-order valence-electron chi connectivity index (χ4n) is 1.89. The highest BCUT2D eigenvalue weighted by molar-refractivity contribution is 5.08. The van der Waals surface area contributed by atoms with Gasteiger partial charge in [-0.15, -0.1) is 0 Å². The lowest BCUT2D eigenvalue weighted by atomic mass is 9.93. The fraction of sp³-hybridized carbons (Fsp3) is 1.00. The maximum atomic E-state index is 13.3. The molecule has 1 unspecified atom stereocenters. The van der Waals surface area contributed by atoms with Crippen LogP contribution in [0.1, 0.15) is 45.4 Å². The van der Waals surface area contributed by atoms with Crippen LogP contribution in [-0.4, -0.2) is 36.0 Å². The first-order valence-electron chi connectivity index (χ1n) is 7.20. The van der Waals surface area contributed by atoms with Crippen LogP contribution in [0.2, 0.25) is 0 Å². The summed E-state index contributed by atoms with van der Waals surface area (Å²) in [4.78, 5) is 0. The normalized spacial score (nSPS) is 16.2. The maximum absolute atomic E-state index is 13.3. The van der Waals surface area contributed by atoms with Crippen LogP contribution in [-0.2, 0) is 0 Å². The molecule has 0 bridgehead atoms. The van der Waals surface area contributed by atoms with Crippen molar-refractivity contribution in [1.29, 1.82) is 0 Å². The second-order valence-electron chi connectivity index (χ2n) is 5.51. The van der Waals surface area contributed by atoms with Gasteiger partial charge in [0.15, 0.2) is 6.17 Å². The highest BCUT2D eigenvalue weighted by Crippen LogP contribution is 2.58. The predicted octanol–water partition coefficient (Wildman–Crippen LogP) is 6.79. The third-order valence-electron chi connectivity index (χ3n) is 3.52. The molecular weight excluding hydrogens is 384 g/mol. The van der Waals surface area contributed by atoms with Gasteiger partial charge in [-0.2, -0.15) is 48.3 Å². The van der Waals surface area contributed by atoms with E-state index in [9.17, 15) is 52.7 Å². The van der Waals surface area contributed by atoms with Gasteiger partial charge in [-0.05, 0) is 6.42 Å². The highest BCUT2D eigenvalue weighted by Gasteiger charge is 2.88. The minimum atomic E-state index is -7.55. The van der Waals surface area contributed by atoms with Crippen molar-refractivity contribution >= 4 is 0 Å². The van der Waals surface area contributed by atoms with Gasteiger partial charge < -0.3 is 0 Å². The van der Waals surface area contributed by atoms with Crippen molar-refractivity contribution in [3.05, 3.63) is 0 Å². The van der Waals surface area contributed by atoms with Crippen LogP contribution >= 0.6 is 0 Å². The smallest absolute Gasteiger partial charge is 0.241 e. The largest absolute Gasteiger partial charge is 0.460 e. The number of alkyl halides is 12. The maximum Gasteiger partial charge on any atom is 0.460 e. The van der Waals surface area contributed by atoms with E-state index in [0.29, 0.717) is 19.3 Å². The van der Waals surface area contributed by atoms with E-state index in [-0.39, 0.29) is 6.42 Å². The molecule has 0 amide bonds. The average molecular weight is 400 g/mol. The molecule has 0 rings (SSSR count). The van der Waals surface area contributed by atoms with Crippen molar-refractivity contribution in [1.82, 2.24) is 0 Å². The Morgan fingerprint density at radius 1 is 0.600 bits per heavy atom. The summed E-state index contributed by atoms with van der Waals surface area (Å²) in [6, 6.07) is 0. The molecule has 0 aliphatic rings. The molecular formula is C13H16F12. The van der Waals surface area contributed by atoms with Gasteiger partial charge in [0.05, 0.1) is 0 Å². The molecule has 0 radical (unpaired) electrons. The van der Waals surface area contributed by atoms with Gasteiger partial charge in [-0.25, -0.2) is 4.39 Å². The quantitative estimate of drug-likeness (QED) is 0.280. The number of halogens is 12. The van der Waals surface area contributed by atoms with Gasteiger partial charge in [0.1, 0.15) is 0 Å². The molecule has 25 heavy (non-hydrogen) atoms. The number of unbranched alkanes of at least 4 members (excludes halogenated alkanes) is 4. The van der Waals surface area contributed by atoms with Crippen LogP contribution in [0.15, 0.2) is 0 Å². The SMILES string of the molecule is CCCCCCCC(F)C(F)(F)C(F)(F)C(F)(F)C(F)(F)C(F)(F)F. The Balaban J connectivity index is 5.37. The highest BCUT2D eigenvalue weighted by atomic mass is 19.4. The Morgan fingerprint density at radius 2 is 1.04 bits per heavy atom. The van der Waals surface area contributed by atoms with E-state index in [4.69, 9.17) is 0 Å². The molecule has 0 aromatic rings. The Kier molecular flexibility index (Phi) is 7.55. The van der Waals surface area contributed by atoms with Gasteiger partial charge in [-0.1, -0.05) is 39.0 Å². The lowest BCUT2D eigenvalue weighted by Crippen LogP contribution is -2.68. The minimum Gasteiger partial charge on any atom is -0.241 e. The van der Waals surface area contributed by atoms with Gasteiger partial charge in [0.25, 0.3) is 0 Å². The molecule has 0 aromatic carbocycles. The molecule has 152 valence electrons. The summed E-state index contributed by atoms with van der Waals surface area (Å²) in [7, 11) is 0. The molecule has 0 aromatic heterocycles. The second kappa shape index (κ2) is 7.81. The lowest BCUT2D eigenvalue weighted by molar-refractivity contribution is -0.426. The third-order valence-corrected chi connectivity index (χ3v) is 3.52. The van der Waals surface area contributed by atoms with Crippen molar-refractivity contribution in [3.8, 4) is 0 Å². The molecule has 0 spiro atoms. The zero-order valence-electron chi connectivity index (χ0n) is 12.9. The summed E-state index contributed by atoms with van der Waals surface area (Å²) in [6.07, 6.45) is -11.3. The molecule has 0 saturated carbocycles. The summed E-state index contributed by atoms with van der Waals surface area (Å²) in [6.45, 7) is 1.76. The summed E-state index contributed by atoms with van der Waals surface area (Å²) >= 11 is 0.